The zero-order chi connectivity index (χ0) is 17.2. The summed E-state index contributed by atoms with van der Waals surface area (Å²) in [6.07, 6.45) is 1.22. The van der Waals surface area contributed by atoms with E-state index in [1.165, 1.54) is 12.5 Å². The molecule has 0 N–H and O–H groups in total. The molecule has 0 aliphatic carbocycles. The number of hydrogen-bond donors (Lipinski definition) is 0. The van der Waals surface area contributed by atoms with Crippen molar-refractivity contribution in [2.24, 2.45) is 0 Å². The van der Waals surface area contributed by atoms with Crippen LogP contribution in [-0.2, 0) is 14.2 Å². The quantitative estimate of drug-likeness (QED) is 0.620. The molecule has 2 aromatic rings. The molecule has 2 heterocycles. The van der Waals surface area contributed by atoms with Crippen LogP contribution in [0.2, 0.25) is 0 Å². The van der Waals surface area contributed by atoms with Crippen LogP contribution in [0.4, 0.5) is 0 Å². The highest BCUT2D eigenvalue weighted by Crippen LogP contribution is 2.30. The van der Waals surface area contributed by atoms with E-state index in [1.807, 2.05) is 6.07 Å². The van der Waals surface area contributed by atoms with Gasteiger partial charge < -0.3 is 18.6 Å². The van der Waals surface area contributed by atoms with Crippen LogP contribution in [0.3, 0.4) is 0 Å². The summed E-state index contributed by atoms with van der Waals surface area (Å²) in [4.78, 5) is 24.6. The summed E-state index contributed by atoms with van der Waals surface area (Å²) in [6, 6.07) is 10.2. The van der Waals surface area contributed by atoms with Crippen LogP contribution >= 0.6 is 0 Å². The number of furan rings is 1. The van der Waals surface area contributed by atoms with Gasteiger partial charge in [0.15, 0.2) is 17.7 Å². The van der Waals surface area contributed by atoms with Gasteiger partial charge in [0, 0.05) is 0 Å². The second kappa shape index (κ2) is 6.59. The van der Waals surface area contributed by atoms with Gasteiger partial charge >= 0.3 is 5.97 Å². The zero-order valence-corrected chi connectivity index (χ0v) is 13.4. The number of ketones is 1. The smallest absolute Gasteiger partial charge is 0.338 e. The van der Waals surface area contributed by atoms with Crippen molar-refractivity contribution in [1.29, 1.82) is 0 Å². The normalized spacial score (nSPS) is 22.2. The molecule has 0 amide bonds. The molecule has 1 aliphatic rings. The Morgan fingerprint density at radius 1 is 1.08 bits per heavy atom. The van der Waals surface area contributed by atoms with E-state index in [9.17, 15) is 9.59 Å². The summed E-state index contributed by atoms with van der Waals surface area (Å²) in [5, 5.41) is 0. The highest BCUT2D eigenvalue weighted by molar-refractivity contribution is 5.99. The molecule has 2 unspecified atom stereocenters. The summed E-state index contributed by atoms with van der Waals surface area (Å²) in [7, 11) is 0. The Kier molecular flexibility index (Phi) is 4.51. The lowest BCUT2D eigenvalue weighted by Crippen LogP contribution is -2.35. The van der Waals surface area contributed by atoms with Crippen LogP contribution < -0.4 is 0 Å². The van der Waals surface area contributed by atoms with E-state index >= 15 is 0 Å². The first kappa shape index (κ1) is 16.4. The van der Waals surface area contributed by atoms with E-state index in [1.54, 1.807) is 44.2 Å². The van der Waals surface area contributed by atoms with Gasteiger partial charge in [0.1, 0.15) is 19.0 Å². The molecule has 1 aromatic heterocycles. The van der Waals surface area contributed by atoms with Crippen molar-refractivity contribution in [3.63, 3.8) is 0 Å². The van der Waals surface area contributed by atoms with Gasteiger partial charge in [-0.3, -0.25) is 4.79 Å². The Bertz CT molecular complexity index is 704. The second-order valence-corrected chi connectivity index (χ2v) is 5.94. The van der Waals surface area contributed by atoms with Gasteiger partial charge in [0.25, 0.3) is 0 Å². The molecule has 0 spiro atoms. The molecular weight excluding hydrogens is 312 g/mol. The molecule has 0 radical (unpaired) electrons. The summed E-state index contributed by atoms with van der Waals surface area (Å²) in [6.45, 7) is 3.34. The molecule has 6 heteroatoms. The monoisotopic (exact) mass is 330 g/mol. The first-order chi connectivity index (χ1) is 11.5. The maximum atomic E-state index is 12.5. The standard InChI is InChI=1S/C18H18O6/c1-18(2)23-14(11-22-17(20)12-6-4-3-5-7-12)16(24-18)15(19)13-8-9-21-10-13/h3-10,14,16H,11H2,1-2H3. The lowest BCUT2D eigenvalue weighted by atomic mass is 10.1. The van der Waals surface area contributed by atoms with Crippen LogP contribution in [-0.4, -0.2) is 36.4 Å². The fraction of sp³-hybridized carbons (Fsp3) is 0.333. The molecule has 24 heavy (non-hydrogen) atoms. The molecule has 126 valence electrons. The Labute approximate surface area is 139 Å². The first-order valence-corrected chi connectivity index (χ1v) is 7.60. The maximum absolute atomic E-state index is 12.5. The summed E-state index contributed by atoms with van der Waals surface area (Å²) >= 11 is 0. The van der Waals surface area contributed by atoms with Gasteiger partial charge in [-0.1, -0.05) is 18.2 Å². The molecule has 0 saturated carbocycles. The van der Waals surface area contributed by atoms with Gasteiger partial charge in [-0.25, -0.2) is 4.79 Å². The second-order valence-electron chi connectivity index (χ2n) is 5.94. The van der Waals surface area contributed by atoms with Gasteiger partial charge in [-0.15, -0.1) is 0 Å². The van der Waals surface area contributed by atoms with Crippen molar-refractivity contribution in [3.05, 3.63) is 60.1 Å². The van der Waals surface area contributed by atoms with Crippen molar-refractivity contribution in [2.75, 3.05) is 6.61 Å². The summed E-state index contributed by atoms with van der Waals surface area (Å²) < 4.78 is 21.6. The van der Waals surface area contributed by atoms with Crippen LogP contribution in [0, 0.1) is 0 Å². The number of carbonyl (C=O) groups is 2. The fourth-order valence-electron chi connectivity index (χ4n) is 2.56. The minimum absolute atomic E-state index is 0.0780. The third-order valence-corrected chi connectivity index (χ3v) is 3.64. The minimum atomic E-state index is -0.937. The largest absolute Gasteiger partial charge is 0.472 e. The SMILES string of the molecule is CC1(C)OC(COC(=O)c2ccccc2)C(C(=O)c2ccoc2)O1. The van der Waals surface area contributed by atoms with E-state index < -0.39 is 24.0 Å². The molecule has 0 bridgehead atoms. The van der Waals surface area contributed by atoms with Crippen LogP contribution in [0.1, 0.15) is 34.6 Å². The molecular formula is C18H18O6. The molecule has 6 nitrogen and oxygen atoms in total. The predicted molar refractivity (Wildman–Crippen MR) is 83.6 cm³/mol. The molecule has 1 aromatic carbocycles. The van der Waals surface area contributed by atoms with Crippen molar-refractivity contribution in [1.82, 2.24) is 0 Å². The van der Waals surface area contributed by atoms with Gasteiger partial charge in [-0.2, -0.15) is 0 Å². The third-order valence-electron chi connectivity index (χ3n) is 3.64. The van der Waals surface area contributed by atoms with E-state index in [0.29, 0.717) is 11.1 Å². The average Bonchev–Trinajstić information content (AvgIpc) is 3.20. The zero-order valence-electron chi connectivity index (χ0n) is 13.4. The number of Topliss-reactive ketones (excluding diaryl/α,β-unsaturated/α-hetero) is 1. The average molecular weight is 330 g/mol. The van der Waals surface area contributed by atoms with E-state index in [4.69, 9.17) is 18.6 Å². The number of carbonyl (C=O) groups excluding carboxylic acids is 2. The summed E-state index contributed by atoms with van der Waals surface area (Å²) in [5.74, 6) is -1.68. The fourth-order valence-corrected chi connectivity index (χ4v) is 2.56. The number of rotatable bonds is 5. The molecule has 1 aliphatic heterocycles. The van der Waals surface area contributed by atoms with Gasteiger partial charge in [0.05, 0.1) is 17.4 Å². The molecule has 2 atom stereocenters. The van der Waals surface area contributed by atoms with E-state index in [2.05, 4.69) is 0 Å². The van der Waals surface area contributed by atoms with E-state index in [-0.39, 0.29) is 12.4 Å². The van der Waals surface area contributed by atoms with Gasteiger partial charge in [-0.05, 0) is 32.0 Å². The first-order valence-electron chi connectivity index (χ1n) is 7.60. The summed E-state index contributed by atoms with van der Waals surface area (Å²) in [5.41, 5.74) is 0.828. The highest BCUT2D eigenvalue weighted by atomic mass is 16.8. The minimum Gasteiger partial charge on any atom is -0.472 e. The van der Waals surface area contributed by atoms with Crippen molar-refractivity contribution in [2.45, 2.75) is 31.8 Å². The Morgan fingerprint density at radius 3 is 2.50 bits per heavy atom. The van der Waals surface area contributed by atoms with E-state index in [0.717, 1.165) is 0 Å². The Morgan fingerprint density at radius 2 is 1.83 bits per heavy atom. The van der Waals surface area contributed by atoms with Crippen molar-refractivity contribution in [3.8, 4) is 0 Å². The number of ether oxygens (including phenoxy) is 3. The maximum Gasteiger partial charge on any atom is 0.338 e. The molecule has 1 saturated heterocycles. The van der Waals surface area contributed by atoms with Crippen molar-refractivity contribution < 1.29 is 28.2 Å². The lowest BCUT2D eigenvalue weighted by molar-refractivity contribution is -0.146. The highest BCUT2D eigenvalue weighted by Gasteiger charge is 2.46. The van der Waals surface area contributed by atoms with Crippen LogP contribution in [0.15, 0.2) is 53.3 Å². The molecule has 3 rings (SSSR count). The number of benzene rings is 1. The van der Waals surface area contributed by atoms with Crippen LogP contribution in [0.25, 0.3) is 0 Å². The Hall–Kier alpha value is -2.44. The number of hydrogen-bond acceptors (Lipinski definition) is 6. The molecule has 1 fully saturated rings. The van der Waals surface area contributed by atoms with Crippen LogP contribution in [0.5, 0.6) is 0 Å². The predicted octanol–water partition coefficient (Wildman–Crippen LogP) is 2.84. The Balaban J connectivity index is 1.68. The van der Waals surface area contributed by atoms with Gasteiger partial charge in [0.2, 0.25) is 0 Å². The topological polar surface area (TPSA) is 75.0 Å². The third kappa shape index (κ3) is 3.55. The number of esters is 1. The van der Waals surface area contributed by atoms with Crippen molar-refractivity contribution >= 4 is 11.8 Å². The lowest BCUT2D eigenvalue weighted by Gasteiger charge is -2.16.